The van der Waals surface area contributed by atoms with Gasteiger partial charge in [-0.15, -0.1) is 0 Å². The molecule has 0 aliphatic carbocycles. The van der Waals surface area contributed by atoms with E-state index in [1.54, 1.807) is 0 Å². The van der Waals surface area contributed by atoms with Crippen molar-refractivity contribution in [2.24, 2.45) is 0 Å². The van der Waals surface area contributed by atoms with Crippen molar-refractivity contribution in [1.82, 2.24) is 4.90 Å². The van der Waals surface area contributed by atoms with E-state index in [0.29, 0.717) is 13.2 Å². The first-order chi connectivity index (χ1) is 9.36. The lowest BCUT2D eigenvalue weighted by Crippen LogP contribution is -2.29. The zero-order valence-corrected chi connectivity index (χ0v) is 11.6. The lowest BCUT2D eigenvalue weighted by Gasteiger charge is -2.20. The first-order valence-electron chi connectivity index (χ1n) is 7.39. The zero-order valence-electron chi connectivity index (χ0n) is 11.6. The molecule has 1 N–H and O–H groups in total. The van der Waals surface area contributed by atoms with Crippen LogP contribution < -0.4 is 0 Å². The van der Waals surface area contributed by atoms with E-state index in [-0.39, 0.29) is 0 Å². The minimum atomic E-state index is -0.509. The van der Waals surface area contributed by atoms with Crippen LogP contribution in [0.25, 0.3) is 0 Å². The second-order valence-electron chi connectivity index (χ2n) is 5.26. The summed E-state index contributed by atoms with van der Waals surface area (Å²) in [6, 6.07) is 9.70. The minimum Gasteiger partial charge on any atom is -0.386 e. The monoisotopic (exact) mass is 263 g/mol. The fourth-order valence-corrected chi connectivity index (χ4v) is 2.52. The highest BCUT2D eigenvalue weighted by Gasteiger charge is 2.10. The van der Waals surface area contributed by atoms with Crippen molar-refractivity contribution >= 4 is 0 Å². The summed E-state index contributed by atoms with van der Waals surface area (Å²) in [6.07, 6.45) is 4.85. The third kappa shape index (κ3) is 5.31. The van der Waals surface area contributed by atoms with Crippen molar-refractivity contribution in [1.29, 1.82) is 0 Å². The van der Waals surface area contributed by atoms with Gasteiger partial charge in [0, 0.05) is 6.54 Å². The van der Waals surface area contributed by atoms with Gasteiger partial charge in [-0.25, -0.2) is 0 Å². The van der Waals surface area contributed by atoms with Crippen molar-refractivity contribution in [2.45, 2.75) is 31.8 Å². The SMILES string of the molecule is O[C@H](COCCN1CCCCCC1)c1ccccc1. The molecule has 1 aromatic rings. The Hall–Kier alpha value is -0.900. The van der Waals surface area contributed by atoms with Crippen molar-refractivity contribution < 1.29 is 9.84 Å². The van der Waals surface area contributed by atoms with Crippen LogP contribution in [-0.4, -0.2) is 42.9 Å². The van der Waals surface area contributed by atoms with Crippen LogP contribution in [0.1, 0.15) is 37.4 Å². The maximum atomic E-state index is 9.96. The van der Waals surface area contributed by atoms with E-state index >= 15 is 0 Å². The number of aliphatic hydroxyl groups excluding tert-OH is 1. The normalized spacial score (nSPS) is 19.0. The van der Waals surface area contributed by atoms with Gasteiger partial charge < -0.3 is 14.7 Å². The maximum absolute atomic E-state index is 9.96. The summed E-state index contributed by atoms with van der Waals surface area (Å²) < 4.78 is 5.60. The number of rotatable bonds is 6. The lowest BCUT2D eigenvalue weighted by molar-refractivity contribution is 0.0267. The van der Waals surface area contributed by atoms with E-state index in [1.807, 2.05) is 30.3 Å². The number of nitrogens with zero attached hydrogens (tertiary/aromatic N) is 1. The molecular formula is C16H25NO2. The van der Waals surface area contributed by atoms with Crippen LogP contribution in [0.2, 0.25) is 0 Å². The molecule has 1 atom stereocenters. The van der Waals surface area contributed by atoms with Crippen LogP contribution in [0, 0.1) is 0 Å². The Balaban J connectivity index is 1.61. The molecule has 3 heteroatoms. The molecule has 19 heavy (non-hydrogen) atoms. The molecule has 1 aromatic carbocycles. The summed E-state index contributed by atoms with van der Waals surface area (Å²) in [7, 11) is 0. The van der Waals surface area contributed by atoms with Crippen molar-refractivity contribution in [2.75, 3.05) is 32.8 Å². The average Bonchev–Trinajstić information content (AvgIpc) is 2.73. The number of likely N-dealkylation sites (tertiary alicyclic amines) is 1. The number of hydrogen-bond acceptors (Lipinski definition) is 3. The van der Waals surface area contributed by atoms with Gasteiger partial charge in [-0.05, 0) is 31.5 Å². The van der Waals surface area contributed by atoms with E-state index < -0.39 is 6.10 Å². The Kier molecular flexibility index (Phi) is 6.34. The van der Waals surface area contributed by atoms with E-state index in [0.717, 1.165) is 12.1 Å². The molecule has 1 heterocycles. The Morgan fingerprint density at radius 3 is 2.42 bits per heavy atom. The van der Waals surface area contributed by atoms with Gasteiger partial charge in [0.2, 0.25) is 0 Å². The van der Waals surface area contributed by atoms with Gasteiger partial charge >= 0.3 is 0 Å². The Morgan fingerprint density at radius 2 is 1.74 bits per heavy atom. The highest BCUT2D eigenvalue weighted by Crippen LogP contribution is 2.12. The third-order valence-corrected chi connectivity index (χ3v) is 3.71. The molecule has 0 aromatic heterocycles. The molecule has 1 aliphatic heterocycles. The molecule has 3 nitrogen and oxygen atoms in total. The van der Waals surface area contributed by atoms with Gasteiger partial charge in [-0.3, -0.25) is 0 Å². The van der Waals surface area contributed by atoms with E-state index in [2.05, 4.69) is 4.90 Å². The van der Waals surface area contributed by atoms with E-state index in [4.69, 9.17) is 4.74 Å². The number of ether oxygens (including phenoxy) is 1. The molecule has 0 amide bonds. The fraction of sp³-hybridized carbons (Fsp3) is 0.625. The van der Waals surface area contributed by atoms with E-state index in [1.165, 1.54) is 38.8 Å². The Labute approximate surface area is 116 Å². The second-order valence-corrected chi connectivity index (χ2v) is 5.26. The molecular weight excluding hydrogens is 238 g/mol. The summed E-state index contributed by atoms with van der Waals surface area (Å²) in [5, 5.41) is 9.96. The average molecular weight is 263 g/mol. The van der Waals surface area contributed by atoms with Crippen LogP contribution in [0.5, 0.6) is 0 Å². The first kappa shape index (κ1) is 14.5. The molecule has 1 fully saturated rings. The molecule has 1 aliphatic rings. The maximum Gasteiger partial charge on any atom is 0.102 e. The van der Waals surface area contributed by atoms with Crippen LogP contribution in [0.15, 0.2) is 30.3 Å². The van der Waals surface area contributed by atoms with Crippen LogP contribution >= 0.6 is 0 Å². The van der Waals surface area contributed by atoms with Crippen molar-refractivity contribution in [3.05, 3.63) is 35.9 Å². The van der Waals surface area contributed by atoms with Crippen LogP contribution in [0.4, 0.5) is 0 Å². The number of hydrogen-bond donors (Lipinski definition) is 1. The smallest absolute Gasteiger partial charge is 0.102 e. The second kappa shape index (κ2) is 8.31. The molecule has 0 spiro atoms. The molecule has 1 saturated heterocycles. The number of benzene rings is 1. The third-order valence-electron chi connectivity index (χ3n) is 3.71. The predicted octanol–water partition coefficient (Wildman–Crippen LogP) is 2.61. The Bertz CT molecular complexity index is 334. The topological polar surface area (TPSA) is 32.7 Å². The zero-order chi connectivity index (χ0) is 13.3. The molecule has 106 valence electrons. The highest BCUT2D eigenvalue weighted by molar-refractivity contribution is 5.17. The van der Waals surface area contributed by atoms with Gasteiger partial charge in [0.05, 0.1) is 13.2 Å². The van der Waals surface area contributed by atoms with Gasteiger partial charge in [0.15, 0.2) is 0 Å². The van der Waals surface area contributed by atoms with Crippen LogP contribution in [0.3, 0.4) is 0 Å². The number of aliphatic hydroxyl groups is 1. The van der Waals surface area contributed by atoms with Crippen molar-refractivity contribution in [3.63, 3.8) is 0 Å². The largest absolute Gasteiger partial charge is 0.386 e. The standard InChI is InChI=1S/C16H25NO2/c18-16(15-8-4-3-5-9-15)14-19-13-12-17-10-6-1-2-7-11-17/h3-5,8-9,16,18H,1-2,6-7,10-14H2/t16-/m1/s1. The predicted molar refractivity (Wildman–Crippen MR) is 77.1 cm³/mol. The van der Waals surface area contributed by atoms with E-state index in [9.17, 15) is 5.11 Å². The lowest BCUT2D eigenvalue weighted by atomic mass is 10.1. The summed E-state index contributed by atoms with van der Waals surface area (Å²) in [5.41, 5.74) is 0.928. The first-order valence-corrected chi connectivity index (χ1v) is 7.39. The minimum absolute atomic E-state index is 0.387. The summed E-state index contributed by atoms with van der Waals surface area (Å²) >= 11 is 0. The molecule has 2 rings (SSSR count). The van der Waals surface area contributed by atoms with Gasteiger partial charge in [0.25, 0.3) is 0 Å². The fourth-order valence-electron chi connectivity index (χ4n) is 2.52. The molecule has 0 radical (unpaired) electrons. The molecule has 0 unspecified atom stereocenters. The van der Waals surface area contributed by atoms with Crippen LogP contribution in [-0.2, 0) is 4.74 Å². The van der Waals surface area contributed by atoms with Crippen molar-refractivity contribution in [3.8, 4) is 0 Å². The Morgan fingerprint density at radius 1 is 1.05 bits per heavy atom. The summed E-state index contributed by atoms with van der Waals surface area (Å²) in [4.78, 5) is 2.47. The summed E-state index contributed by atoms with van der Waals surface area (Å²) in [6.45, 7) is 4.48. The van der Waals surface area contributed by atoms with Gasteiger partial charge in [0.1, 0.15) is 6.10 Å². The van der Waals surface area contributed by atoms with Gasteiger partial charge in [-0.2, -0.15) is 0 Å². The quantitative estimate of drug-likeness (QED) is 0.801. The summed E-state index contributed by atoms with van der Waals surface area (Å²) in [5.74, 6) is 0. The molecule has 0 bridgehead atoms. The molecule has 0 saturated carbocycles. The van der Waals surface area contributed by atoms with Gasteiger partial charge in [-0.1, -0.05) is 43.2 Å². The highest BCUT2D eigenvalue weighted by atomic mass is 16.5.